The molecule has 0 bridgehead atoms. The number of phenolic OH excluding ortho intramolecular Hbond substituents is 1. The van der Waals surface area contributed by atoms with Gasteiger partial charge in [-0.3, -0.25) is 0 Å². The van der Waals surface area contributed by atoms with Crippen molar-refractivity contribution in [1.82, 2.24) is 10.2 Å². The first-order valence-corrected chi connectivity index (χ1v) is 7.97. The molecule has 26 heavy (non-hydrogen) atoms. The molecule has 1 N–H and O–H groups in total. The fourth-order valence-electron chi connectivity index (χ4n) is 2.35. The summed E-state index contributed by atoms with van der Waals surface area (Å²) in [6.45, 7) is 3.32. The summed E-state index contributed by atoms with van der Waals surface area (Å²) in [5.41, 5.74) is 1.40. The summed E-state index contributed by atoms with van der Waals surface area (Å²) in [5.74, 6) is 0.422. The molecule has 7 heteroatoms. The van der Waals surface area contributed by atoms with Gasteiger partial charge in [0.15, 0.2) is 6.10 Å². The Balaban J connectivity index is 1.74. The third kappa shape index (κ3) is 3.51. The molecule has 3 rings (SSSR count). The van der Waals surface area contributed by atoms with Crippen LogP contribution >= 0.6 is 0 Å². The van der Waals surface area contributed by atoms with E-state index in [4.69, 9.17) is 13.9 Å². The van der Waals surface area contributed by atoms with E-state index in [0.29, 0.717) is 17.2 Å². The second-order valence-corrected chi connectivity index (χ2v) is 5.69. The molecule has 0 radical (unpaired) electrons. The van der Waals surface area contributed by atoms with E-state index in [9.17, 15) is 9.90 Å². The highest BCUT2D eigenvalue weighted by Crippen LogP contribution is 2.27. The molecule has 1 unspecified atom stereocenters. The molecule has 0 saturated heterocycles. The van der Waals surface area contributed by atoms with Crippen molar-refractivity contribution in [3.8, 4) is 23.0 Å². The van der Waals surface area contributed by atoms with Crippen LogP contribution in [0.15, 0.2) is 46.9 Å². The van der Waals surface area contributed by atoms with E-state index < -0.39 is 12.1 Å². The monoisotopic (exact) mass is 354 g/mol. The van der Waals surface area contributed by atoms with Crippen LogP contribution in [0.4, 0.5) is 0 Å². The maximum Gasteiger partial charge on any atom is 0.342 e. The lowest BCUT2D eigenvalue weighted by atomic mass is 10.1. The number of hydrogen-bond acceptors (Lipinski definition) is 7. The summed E-state index contributed by atoms with van der Waals surface area (Å²) in [4.78, 5) is 12.3. The van der Waals surface area contributed by atoms with Crippen molar-refractivity contribution >= 4 is 5.97 Å². The molecule has 0 aliphatic heterocycles. The molecule has 0 aliphatic carbocycles. The minimum atomic E-state index is -0.762. The topological polar surface area (TPSA) is 94.7 Å². The van der Waals surface area contributed by atoms with Crippen LogP contribution in [-0.4, -0.2) is 28.4 Å². The largest absolute Gasteiger partial charge is 0.507 e. The number of carbonyl (C=O) groups excluding carboxylic acids is 1. The summed E-state index contributed by atoms with van der Waals surface area (Å²) in [5, 5.41) is 17.9. The fourth-order valence-corrected chi connectivity index (χ4v) is 2.35. The average Bonchev–Trinajstić information content (AvgIpc) is 3.14. The van der Waals surface area contributed by atoms with E-state index in [0.717, 1.165) is 5.56 Å². The van der Waals surface area contributed by atoms with Crippen molar-refractivity contribution in [2.75, 3.05) is 7.11 Å². The van der Waals surface area contributed by atoms with Crippen LogP contribution in [-0.2, 0) is 4.74 Å². The summed E-state index contributed by atoms with van der Waals surface area (Å²) >= 11 is 0. The van der Waals surface area contributed by atoms with Crippen molar-refractivity contribution in [1.29, 1.82) is 0 Å². The smallest absolute Gasteiger partial charge is 0.342 e. The van der Waals surface area contributed by atoms with Gasteiger partial charge < -0.3 is 19.0 Å². The molecule has 134 valence electrons. The van der Waals surface area contributed by atoms with Crippen LogP contribution in [0.5, 0.6) is 11.5 Å². The van der Waals surface area contributed by atoms with Gasteiger partial charge in [-0.2, -0.15) is 0 Å². The van der Waals surface area contributed by atoms with Gasteiger partial charge in [0, 0.05) is 5.56 Å². The minimum absolute atomic E-state index is 0.0896. The Kier molecular flexibility index (Phi) is 4.88. The number of hydrogen-bond donors (Lipinski definition) is 1. The van der Waals surface area contributed by atoms with Gasteiger partial charge in [0.1, 0.15) is 17.1 Å². The second-order valence-electron chi connectivity index (χ2n) is 5.69. The number of carbonyl (C=O) groups is 1. The Morgan fingerprint density at radius 3 is 2.58 bits per heavy atom. The summed E-state index contributed by atoms with van der Waals surface area (Å²) in [6, 6.07) is 12.0. The Morgan fingerprint density at radius 1 is 1.15 bits per heavy atom. The SMILES string of the molecule is COc1ccc(-c2nnc(C(C)OC(=O)c3cccc(C)c3O)o2)cc1. The number of aromatic nitrogens is 2. The molecule has 0 fully saturated rings. The highest BCUT2D eigenvalue weighted by molar-refractivity contribution is 5.92. The van der Waals surface area contributed by atoms with Gasteiger partial charge in [-0.1, -0.05) is 12.1 Å². The lowest BCUT2D eigenvalue weighted by Crippen LogP contribution is -2.10. The predicted molar refractivity (Wildman–Crippen MR) is 93.0 cm³/mol. The Labute approximate surface area is 150 Å². The first-order valence-electron chi connectivity index (χ1n) is 7.97. The number of aryl methyl sites for hydroxylation is 1. The predicted octanol–water partition coefficient (Wildman–Crippen LogP) is 3.68. The van der Waals surface area contributed by atoms with Crippen molar-refractivity contribution in [3.05, 3.63) is 59.5 Å². The molecule has 0 spiro atoms. The molecule has 7 nitrogen and oxygen atoms in total. The standard InChI is InChI=1S/C19H18N2O5/c1-11-5-4-6-15(16(11)22)19(23)25-12(2)17-20-21-18(26-17)13-7-9-14(24-3)10-8-13/h4-10,12,22H,1-3H3. The maximum absolute atomic E-state index is 12.3. The van der Waals surface area contributed by atoms with E-state index in [1.165, 1.54) is 6.07 Å². The highest BCUT2D eigenvalue weighted by Gasteiger charge is 2.22. The van der Waals surface area contributed by atoms with Crippen molar-refractivity contribution in [3.63, 3.8) is 0 Å². The lowest BCUT2D eigenvalue weighted by molar-refractivity contribution is 0.0276. The first-order chi connectivity index (χ1) is 12.5. The second kappa shape index (κ2) is 7.26. The third-order valence-electron chi connectivity index (χ3n) is 3.87. The molecule has 1 aromatic heterocycles. The molecule has 3 aromatic rings. The zero-order chi connectivity index (χ0) is 18.7. The summed E-state index contributed by atoms with van der Waals surface area (Å²) in [6.07, 6.45) is -0.762. The van der Waals surface area contributed by atoms with Crippen LogP contribution in [0.3, 0.4) is 0 Å². The van der Waals surface area contributed by atoms with Crippen molar-refractivity contribution in [2.45, 2.75) is 20.0 Å². The van der Waals surface area contributed by atoms with Crippen LogP contribution in [0.1, 0.15) is 34.8 Å². The highest BCUT2D eigenvalue weighted by atomic mass is 16.6. The number of phenols is 1. The molecule has 2 aromatic carbocycles. The van der Waals surface area contributed by atoms with Gasteiger partial charge in [-0.15, -0.1) is 10.2 Å². The van der Waals surface area contributed by atoms with E-state index >= 15 is 0 Å². The molecule has 0 aliphatic rings. The van der Waals surface area contributed by atoms with Gasteiger partial charge in [0.2, 0.25) is 5.89 Å². The van der Waals surface area contributed by atoms with Crippen LogP contribution in [0.2, 0.25) is 0 Å². The number of para-hydroxylation sites is 1. The van der Waals surface area contributed by atoms with E-state index in [2.05, 4.69) is 10.2 Å². The van der Waals surface area contributed by atoms with Gasteiger partial charge in [-0.05, 0) is 49.7 Å². The van der Waals surface area contributed by atoms with Crippen molar-refractivity contribution in [2.24, 2.45) is 0 Å². The van der Waals surface area contributed by atoms with Gasteiger partial charge in [-0.25, -0.2) is 4.79 Å². The molecular formula is C19H18N2O5. The van der Waals surface area contributed by atoms with Crippen LogP contribution in [0.25, 0.3) is 11.5 Å². The first kappa shape index (κ1) is 17.5. The molecule has 1 atom stereocenters. The number of nitrogens with zero attached hydrogens (tertiary/aromatic N) is 2. The Morgan fingerprint density at radius 2 is 1.88 bits per heavy atom. The molecule has 0 saturated carbocycles. The normalized spacial score (nSPS) is 11.8. The van der Waals surface area contributed by atoms with E-state index in [-0.39, 0.29) is 17.2 Å². The summed E-state index contributed by atoms with van der Waals surface area (Å²) < 4.78 is 16.0. The zero-order valence-corrected chi connectivity index (χ0v) is 14.6. The number of methoxy groups -OCH3 is 1. The maximum atomic E-state index is 12.3. The van der Waals surface area contributed by atoms with Gasteiger partial charge in [0.25, 0.3) is 5.89 Å². The molecular weight excluding hydrogens is 336 g/mol. The van der Waals surface area contributed by atoms with Crippen LogP contribution in [0, 0.1) is 6.92 Å². The number of rotatable bonds is 5. The lowest BCUT2D eigenvalue weighted by Gasteiger charge is -2.11. The summed E-state index contributed by atoms with van der Waals surface area (Å²) in [7, 11) is 1.59. The van der Waals surface area contributed by atoms with Crippen LogP contribution < -0.4 is 4.74 Å². The number of benzene rings is 2. The fraction of sp³-hybridized carbons (Fsp3) is 0.211. The van der Waals surface area contributed by atoms with Gasteiger partial charge in [0.05, 0.1) is 7.11 Å². The van der Waals surface area contributed by atoms with E-state index in [1.54, 1.807) is 57.4 Å². The third-order valence-corrected chi connectivity index (χ3v) is 3.87. The molecule has 1 heterocycles. The van der Waals surface area contributed by atoms with Crippen molar-refractivity contribution < 1.29 is 23.8 Å². The minimum Gasteiger partial charge on any atom is -0.507 e. The molecule has 0 amide bonds. The zero-order valence-electron chi connectivity index (χ0n) is 14.6. The quantitative estimate of drug-likeness (QED) is 0.698. The number of esters is 1. The Bertz CT molecular complexity index is 918. The van der Waals surface area contributed by atoms with E-state index in [1.807, 2.05) is 0 Å². The average molecular weight is 354 g/mol. The number of ether oxygens (including phenoxy) is 2. The number of aromatic hydroxyl groups is 1. The Hall–Kier alpha value is -3.35. The van der Waals surface area contributed by atoms with Gasteiger partial charge >= 0.3 is 5.97 Å².